The first-order valence-electron chi connectivity index (χ1n) is 25.3. The second-order valence-electron chi connectivity index (χ2n) is 16.9. The van der Waals surface area contributed by atoms with E-state index in [1.807, 2.05) is 0 Å². The Morgan fingerprint density at radius 3 is 1.40 bits per heavy atom. The van der Waals surface area contributed by atoms with Gasteiger partial charge in [-0.2, -0.15) is 0 Å². The Labute approximate surface area is 385 Å². The van der Waals surface area contributed by atoms with Gasteiger partial charge in [0, 0.05) is 13.0 Å². The third-order valence-corrected chi connectivity index (χ3v) is 11.7. The molecule has 10 nitrogen and oxygen atoms in total. The zero-order chi connectivity index (χ0) is 46.2. The number of phosphoric acid groups is 1. The van der Waals surface area contributed by atoms with Crippen LogP contribution in [0, 0.1) is 0 Å². The molecule has 0 amide bonds. The van der Waals surface area contributed by atoms with Crippen molar-refractivity contribution in [2.45, 2.75) is 231 Å². The molecule has 0 bridgehead atoms. The number of esters is 1. The summed E-state index contributed by atoms with van der Waals surface area (Å²) in [6.45, 7) is 3.77. The number of carbonyl (C=O) groups is 2. The highest BCUT2D eigenvalue weighted by Crippen LogP contribution is 2.43. The minimum atomic E-state index is -4.63. The summed E-state index contributed by atoms with van der Waals surface area (Å²) in [5.41, 5.74) is 5.37. The van der Waals surface area contributed by atoms with Gasteiger partial charge in [-0.3, -0.25) is 18.6 Å². The van der Waals surface area contributed by atoms with E-state index < -0.39 is 45.1 Å². The molecule has 0 radical (unpaired) electrons. The van der Waals surface area contributed by atoms with Crippen molar-refractivity contribution in [1.29, 1.82) is 0 Å². The molecule has 4 N–H and O–H groups in total. The van der Waals surface area contributed by atoms with Crippen LogP contribution in [-0.2, 0) is 32.7 Å². The van der Waals surface area contributed by atoms with Crippen molar-refractivity contribution in [3.63, 3.8) is 0 Å². The molecule has 0 aliphatic heterocycles. The Bertz CT molecular complexity index is 1230. The smallest absolute Gasteiger partial charge is 0.472 e. The molecule has 0 saturated heterocycles. The lowest BCUT2D eigenvalue weighted by molar-refractivity contribution is -0.154. The Balaban J connectivity index is 4.15. The molecule has 3 unspecified atom stereocenters. The van der Waals surface area contributed by atoms with Gasteiger partial charge in [-0.25, -0.2) is 4.57 Å². The predicted octanol–water partition coefficient (Wildman–Crippen LogP) is 14.8. The van der Waals surface area contributed by atoms with E-state index in [0.717, 1.165) is 70.6 Å². The van der Waals surface area contributed by atoms with Crippen LogP contribution in [0.1, 0.15) is 219 Å². The van der Waals surface area contributed by atoms with Crippen LogP contribution in [0.15, 0.2) is 60.8 Å². The number of rotatable bonds is 48. The normalized spacial score (nSPS) is 14.2. The van der Waals surface area contributed by atoms with E-state index in [1.54, 1.807) is 0 Å². The summed E-state index contributed by atoms with van der Waals surface area (Å²) in [7, 11) is -4.63. The van der Waals surface area contributed by atoms with E-state index in [4.69, 9.17) is 29.4 Å². The summed E-state index contributed by atoms with van der Waals surface area (Å²) in [5, 5.41) is 8.93. The molecule has 63 heavy (non-hydrogen) atoms. The Morgan fingerprint density at radius 1 is 0.524 bits per heavy atom. The van der Waals surface area contributed by atoms with Gasteiger partial charge in [0.15, 0.2) is 0 Å². The summed E-state index contributed by atoms with van der Waals surface area (Å²) in [6.07, 6.45) is 58.4. The van der Waals surface area contributed by atoms with E-state index in [2.05, 4.69) is 74.6 Å². The first kappa shape index (κ1) is 60.7. The van der Waals surface area contributed by atoms with Crippen molar-refractivity contribution in [2.75, 3.05) is 26.4 Å². The van der Waals surface area contributed by atoms with Gasteiger partial charge < -0.3 is 25.2 Å². The molecule has 0 rings (SSSR count). The first-order chi connectivity index (χ1) is 30.7. The molecule has 0 aliphatic rings. The number of unbranched alkanes of at least 4 members (excludes halogenated alkanes) is 24. The number of hydrogen-bond acceptors (Lipinski definition) is 8. The molecule has 0 saturated carbocycles. The van der Waals surface area contributed by atoms with E-state index in [9.17, 15) is 19.0 Å². The second-order valence-corrected chi connectivity index (χ2v) is 18.4. The standard InChI is InChI=1S/C52H94NO9P/c1-3-5-7-9-11-13-15-17-19-21-23-24-25-26-27-28-30-32-34-36-38-40-42-44-51(54)62-49(47-60-63(57,58)61-48-50(53)52(55)56)46-59-45-43-41-39-37-35-33-31-29-22-20-18-16-14-12-10-8-6-4-2/h5,7,11,13,17-20,23-24,49-50H,3-4,6,8-10,12,14-16,21-22,25-48,53H2,1-2H3,(H,55,56)(H,57,58)/b7-5-,13-11-,19-17-,20-18-,24-23-. The third-order valence-electron chi connectivity index (χ3n) is 10.8. The lowest BCUT2D eigenvalue weighted by atomic mass is 10.0. The fraction of sp³-hybridized carbons (Fsp3) is 0.769. The third kappa shape index (κ3) is 47.5. The van der Waals surface area contributed by atoms with Crippen LogP contribution in [0.3, 0.4) is 0 Å². The number of aliphatic carboxylic acids is 1. The van der Waals surface area contributed by atoms with Gasteiger partial charge in [-0.05, 0) is 77.0 Å². The molecule has 11 heteroatoms. The Kier molecular flexibility index (Phi) is 45.9. The maximum absolute atomic E-state index is 12.7. The van der Waals surface area contributed by atoms with Crippen molar-refractivity contribution in [2.24, 2.45) is 5.73 Å². The number of phosphoric ester groups is 1. The highest BCUT2D eigenvalue weighted by Gasteiger charge is 2.27. The molecule has 0 aliphatic carbocycles. The fourth-order valence-electron chi connectivity index (χ4n) is 6.88. The summed E-state index contributed by atoms with van der Waals surface area (Å²) < 4.78 is 33.5. The van der Waals surface area contributed by atoms with Gasteiger partial charge in [0.2, 0.25) is 0 Å². The highest BCUT2D eigenvalue weighted by molar-refractivity contribution is 7.47. The molecule has 0 aromatic carbocycles. The number of ether oxygens (including phenoxy) is 2. The summed E-state index contributed by atoms with van der Waals surface area (Å²) in [4.78, 5) is 33.7. The summed E-state index contributed by atoms with van der Waals surface area (Å²) in [5.74, 6) is -1.78. The van der Waals surface area contributed by atoms with Gasteiger partial charge >= 0.3 is 19.8 Å². The van der Waals surface area contributed by atoms with Gasteiger partial charge in [0.1, 0.15) is 12.1 Å². The molecular formula is C52H94NO9P. The average Bonchev–Trinajstić information content (AvgIpc) is 3.26. The van der Waals surface area contributed by atoms with Gasteiger partial charge in [-0.15, -0.1) is 0 Å². The zero-order valence-corrected chi connectivity index (χ0v) is 41.1. The van der Waals surface area contributed by atoms with Crippen molar-refractivity contribution < 1.29 is 42.7 Å². The quantitative estimate of drug-likeness (QED) is 0.0233. The van der Waals surface area contributed by atoms with Crippen molar-refractivity contribution in [1.82, 2.24) is 0 Å². The summed E-state index contributed by atoms with van der Waals surface area (Å²) in [6, 6.07) is -1.48. The van der Waals surface area contributed by atoms with E-state index in [-0.39, 0.29) is 13.0 Å². The van der Waals surface area contributed by atoms with Crippen LogP contribution in [0.4, 0.5) is 0 Å². The first-order valence-corrected chi connectivity index (χ1v) is 26.8. The number of carboxylic acids is 1. The minimum absolute atomic E-state index is 0.0121. The molecule has 3 atom stereocenters. The van der Waals surface area contributed by atoms with Crippen molar-refractivity contribution in [3.8, 4) is 0 Å². The maximum Gasteiger partial charge on any atom is 0.472 e. The minimum Gasteiger partial charge on any atom is -0.480 e. The monoisotopic (exact) mass is 908 g/mol. The molecule has 0 fully saturated rings. The van der Waals surface area contributed by atoms with Crippen LogP contribution in [-0.4, -0.2) is 60.5 Å². The number of allylic oxidation sites excluding steroid dienone is 10. The Hall–Kier alpha value is -2.33. The number of carbonyl (C=O) groups excluding carboxylic acids is 1. The predicted molar refractivity (Wildman–Crippen MR) is 263 cm³/mol. The fourth-order valence-corrected chi connectivity index (χ4v) is 7.66. The topological polar surface area (TPSA) is 155 Å². The number of carboxylic acid groups (broad SMARTS) is 1. The SMILES string of the molecule is CC/C=C\C/C=C\C/C=C\C/C=C\CCCCCCCCCCCCC(=O)OC(COCCCCCCCCCC/C=C\CCCCCCCC)COP(=O)(O)OCC(N)C(=O)O. The molecular weight excluding hydrogens is 814 g/mol. The number of hydrogen-bond donors (Lipinski definition) is 3. The lowest BCUT2D eigenvalue weighted by Gasteiger charge is -2.20. The van der Waals surface area contributed by atoms with Crippen LogP contribution >= 0.6 is 7.82 Å². The molecule has 0 heterocycles. The van der Waals surface area contributed by atoms with Gasteiger partial charge in [-0.1, -0.05) is 197 Å². The van der Waals surface area contributed by atoms with Crippen LogP contribution in [0.2, 0.25) is 0 Å². The van der Waals surface area contributed by atoms with Crippen LogP contribution < -0.4 is 5.73 Å². The lowest BCUT2D eigenvalue weighted by Crippen LogP contribution is -2.34. The van der Waals surface area contributed by atoms with E-state index >= 15 is 0 Å². The second kappa shape index (κ2) is 47.6. The Morgan fingerprint density at radius 2 is 0.921 bits per heavy atom. The average molecular weight is 908 g/mol. The van der Waals surface area contributed by atoms with Gasteiger partial charge in [0.25, 0.3) is 0 Å². The van der Waals surface area contributed by atoms with E-state index in [0.29, 0.717) is 13.0 Å². The van der Waals surface area contributed by atoms with Crippen molar-refractivity contribution in [3.05, 3.63) is 60.8 Å². The molecule has 0 aromatic heterocycles. The summed E-state index contributed by atoms with van der Waals surface area (Å²) >= 11 is 0. The highest BCUT2D eigenvalue weighted by atomic mass is 31.2. The largest absolute Gasteiger partial charge is 0.480 e. The molecule has 366 valence electrons. The van der Waals surface area contributed by atoms with E-state index in [1.165, 1.54) is 122 Å². The molecule has 0 aromatic rings. The molecule has 0 spiro atoms. The van der Waals surface area contributed by atoms with Crippen LogP contribution in [0.5, 0.6) is 0 Å². The zero-order valence-electron chi connectivity index (χ0n) is 40.2. The number of nitrogens with two attached hydrogens (primary N) is 1. The van der Waals surface area contributed by atoms with Crippen molar-refractivity contribution >= 4 is 19.8 Å². The maximum atomic E-state index is 12.7. The van der Waals surface area contributed by atoms with Gasteiger partial charge in [0.05, 0.1) is 19.8 Å². The van der Waals surface area contributed by atoms with Crippen LogP contribution in [0.25, 0.3) is 0 Å².